The first-order chi connectivity index (χ1) is 14.8. The van der Waals surface area contributed by atoms with Crippen LogP contribution >= 0.6 is 0 Å². The highest BCUT2D eigenvalue weighted by Gasteiger charge is 2.43. The molecule has 4 nitrogen and oxygen atoms in total. The van der Waals surface area contributed by atoms with Crippen molar-refractivity contribution in [3.05, 3.63) is 59.2 Å². The van der Waals surface area contributed by atoms with Gasteiger partial charge in [0.25, 0.3) is 0 Å². The lowest BCUT2D eigenvalue weighted by Crippen LogP contribution is -2.21. The maximum Gasteiger partial charge on any atom is 0.222 e. The highest BCUT2D eigenvalue weighted by molar-refractivity contribution is 5.75. The minimum atomic E-state index is -0.476. The summed E-state index contributed by atoms with van der Waals surface area (Å²) in [6, 6.07) is 8.47. The Bertz CT molecular complexity index is 780. The third-order valence-corrected chi connectivity index (χ3v) is 6.99. The van der Waals surface area contributed by atoms with Crippen molar-refractivity contribution in [3.63, 3.8) is 0 Å². The number of hydrogen-bond acceptors (Lipinski definition) is 3. The van der Waals surface area contributed by atoms with Gasteiger partial charge in [0, 0.05) is 26.4 Å². The molecule has 0 unspecified atom stereocenters. The van der Waals surface area contributed by atoms with Crippen LogP contribution in [0.3, 0.4) is 0 Å². The van der Waals surface area contributed by atoms with E-state index < -0.39 is 6.10 Å². The van der Waals surface area contributed by atoms with Crippen LogP contribution in [-0.2, 0) is 11.2 Å². The topological polar surface area (TPSA) is 60.8 Å². The zero-order valence-electron chi connectivity index (χ0n) is 19.3. The monoisotopic (exact) mass is 425 g/mol. The summed E-state index contributed by atoms with van der Waals surface area (Å²) in [7, 11) is 3.61. The molecule has 0 spiro atoms. The van der Waals surface area contributed by atoms with E-state index >= 15 is 0 Å². The van der Waals surface area contributed by atoms with Crippen LogP contribution in [0.2, 0.25) is 0 Å². The predicted octanol–water partition coefficient (Wildman–Crippen LogP) is 4.44. The van der Waals surface area contributed by atoms with E-state index in [9.17, 15) is 15.0 Å². The number of hydrogen-bond donors (Lipinski definition) is 2. The van der Waals surface area contributed by atoms with Crippen molar-refractivity contribution in [2.24, 2.45) is 17.8 Å². The Balaban J connectivity index is 1.43. The molecule has 1 aromatic carbocycles. The van der Waals surface area contributed by atoms with Gasteiger partial charge in [0.15, 0.2) is 0 Å². The summed E-state index contributed by atoms with van der Waals surface area (Å²) in [6.07, 6.45) is 12.6. The van der Waals surface area contributed by atoms with Crippen LogP contribution in [0.15, 0.2) is 48.1 Å². The lowest BCUT2D eigenvalue weighted by Gasteiger charge is -2.19. The molecule has 0 bridgehead atoms. The number of aliphatic hydroxyl groups excluding tert-OH is 2. The molecule has 170 valence electrons. The van der Waals surface area contributed by atoms with Crippen molar-refractivity contribution >= 4 is 5.91 Å². The zero-order chi connectivity index (χ0) is 22.4. The van der Waals surface area contributed by atoms with Gasteiger partial charge in [0.1, 0.15) is 0 Å². The molecule has 2 aliphatic carbocycles. The lowest BCUT2D eigenvalue weighted by molar-refractivity contribution is -0.128. The number of unbranched alkanes of at least 4 members (excludes halogenated alkanes) is 1. The summed E-state index contributed by atoms with van der Waals surface area (Å²) in [5.41, 5.74) is 3.98. The normalized spacial score (nSPS) is 26.2. The van der Waals surface area contributed by atoms with E-state index in [4.69, 9.17) is 0 Å². The van der Waals surface area contributed by atoms with Crippen LogP contribution in [0.5, 0.6) is 0 Å². The Morgan fingerprint density at radius 3 is 2.65 bits per heavy atom. The maximum absolute atomic E-state index is 11.7. The van der Waals surface area contributed by atoms with Gasteiger partial charge in [-0.15, -0.1) is 0 Å². The lowest BCUT2D eigenvalue weighted by atomic mass is 9.88. The fourth-order valence-corrected chi connectivity index (χ4v) is 5.06. The highest BCUT2D eigenvalue weighted by atomic mass is 16.3. The van der Waals surface area contributed by atoms with E-state index in [1.807, 2.05) is 6.08 Å². The van der Waals surface area contributed by atoms with Gasteiger partial charge in [0.05, 0.1) is 12.2 Å². The van der Waals surface area contributed by atoms with E-state index in [1.165, 1.54) is 16.7 Å². The molecule has 4 heteroatoms. The molecule has 0 saturated heterocycles. The average molecular weight is 426 g/mol. The second-order valence-corrected chi connectivity index (χ2v) is 9.71. The average Bonchev–Trinajstić information content (AvgIpc) is 3.25. The summed E-state index contributed by atoms with van der Waals surface area (Å²) in [6.45, 7) is 2.08. The standard InChI is InChI=1S/C27H39NO3/c1-19-8-10-20(11-9-19)12-13-23(29)14-15-24-25-17-21(16-22(25)18-26(24)30)6-4-5-7-27(31)28(2)3/h8-11,14-16,22-26,29-30H,4-7,12-13,17-18H2,1-3H3/t22-,23+,24+,25-,26+/m0/s1. The van der Waals surface area contributed by atoms with Gasteiger partial charge in [-0.05, 0) is 69.3 Å². The van der Waals surface area contributed by atoms with Gasteiger partial charge in [-0.3, -0.25) is 4.79 Å². The first kappa shape index (κ1) is 23.7. The second-order valence-electron chi connectivity index (χ2n) is 9.71. The Labute approximate surface area is 187 Å². The molecule has 0 aromatic heterocycles. The minimum Gasteiger partial charge on any atom is -0.392 e. The van der Waals surface area contributed by atoms with Crippen LogP contribution in [0.1, 0.15) is 56.1 Å². The molecule has 1 amide bonds. The molecule has 2 aliphatic rings. The molecule has 1 saturated carbocycles. The quantitative estimate of drug-likeness (QED) is 0.430. The Morgan fingerprint density at radius 2 is 1.94 bits per heavy atom. The van der Waals surface area contributed by atoms with Crippen molar-refractivity contribution in [2.45, 2.75) is 70.5 Å². The molecule has 3 rings (SSSR count). The summed E-state index contributed by atoms with van der Waals surface area (Å²) in [5, 5.41) is 21.0. The zero-order valence-corrected chi connectivity index (χ0v) is 19.3. The van der Waals surface area contributed by atoms with E-state index in [2.05, 4.69) is 43.3 Å². The van der Waals surface area contributed by atoms with E-state index in [1.54, 1.807) is 19.0 Å². The molecule has 0 aliphatic heterocycles. The first-order valence-corrected chi connectivity index (χ1v) is 11.8. The maximum atomic E-state index is 11.7. The molecule has 5 atom stereocenters. The molecule has 1 fully saturated rings. The summed E-state index contributed by atoms with van der Waals surface area (Å²) < 4.78 is 0. The van der Waals surface area contributed by atoms with Crippen LogP contribution in [0, 0.1) is 24.7 Å². The van der Waals surface area contributed by atoms with Gasteiger partial charge in [-0.25, -0.2) is 0 Å². The number of allylic oxidation sites excluding steroid dienone is 2. The number of amides is 1. The number of aryl methyl sites for hydroxylation is 2. The molecule has 0 heterocycles. The number of rotatable bonds is 10. The van der Waals surface area contributed by atoms with Crippen LogP contribution in [0.25, 0.3) is 0 Å². The van der Waals surface area contributed by atoms with E-state index in [-0.39, 0.29) is 17.9 Å². The molecule has 0 radical (unpaired) electrons. The van der Waals surface area contributed by atoms with Gasteiger partial charge in [0.2, 0.25) is 5.91 Å². The minimum absolute atomic E-state index is 0.128. The summed E-state index contributed by atoms with van der Waals surface area (Å²) >= 11 is 0. The Hall–Kier alpha value is -1.91. The second kappa shape index (κ2) is 11.1. The first-order valence-electron chi connectivity index (χ1n) is 11.8. The van der Waals surface area contributed by atoms with Gasteiger partial charge in [-0.1, -0.05) is 53.6 Å². The van der Waals surface area contributed by atoms with Crippen molar-refractivity contribution in [1.82, 2.24) is 4.90 Å². The number of aliphatic hydroxyl groups is 2. The van der Waals surface area contributed by atoms with Gasteiger partial charge in [-0.2, -0.15) is 0 Å². The third kappa shape index (κ3) is 6.78. The number of fused-ring (bicyclic) bond motifs is 1. The molecule has 2 N–H and O–H groups in total. The van der Waals surface area contributed by atoms with E-state index in [0.29, 0.717) is 24.7 Å². The third-order valence-electron chi connectivity index (χ3n) is 6.99. The molecular weight excluding hydrogens is 386 g/mol. The number of carbonyl (C=O) groups excluding carboxylic acids is 1. The van der Waals surface area contributed by atoms with Crippen LogP contribution in [0.4, 0.5) is 0 Å². The van der Waals surface area contributed by atoms with Crippen molar-refractivity contribution in [3.8, 4) is 0 Å². The number of benzene rings is 1. The van der Waals surface area contributed by atoms with E-state index in [0.717, 1.165) is 38.5 Å². The predicted molar refractivity (Wildman–Crippen MR) is 126 cm³/mol. The molecule has 1 aromatic rings. The summed E-state index contributed by atoms with van der Waals surface area (Å²) in [4.78, 5) is 13.4. The highest BCUT2D eigenvalue weighted by Crippen LogP contribution is 2.48. The fraction of sp³-hybridized carbons (Fsp3) is 0.593. The van der Waals surface area contributed by atoms with Crippen LogP contribution in [-0.4, -0.2) is 47.3 Å². The number of nitrogens with zero attached hydrogens (tertiary/aromatic N) is 1. The summed E-state index contributed by atoms with van der Waals surface area (Å²) in [5.74, 6) is 1.23. The number of carbonyl (C=O) groups is 1. The molecular formula is C27H39NO3. The smallest absolute Gasteiger partial charge is 0.222 e. The van der Waals surface area contributed by atoms with Crippen molar-refractivity contribution < 1.29 is 15.0 Å². The fourth-order valence-electron chi connectivity index (χ4n) is 5.06. The van der Waals surface area contributed by atoms with Crippen molar-refractivity contribution in [1.29, 1.82) is 0 Å². The Kier molecular flexibility index (Phi) is 8.50. The van der Waals surface area contributed by atoms with Gasteiger partial charge >= 0.3 is 0 Å². The van der Waals surface area contributed by atoms with Gasteiger partial charge < -0.3 is 15.1 Å². The van der Waals surface area contributed by atoms with Crippen LogP contribution < -0.4 is 0 Å². The SMILES string of the molecule is Cc1ccc(CC[C@@H](O)C=C[C@@H]2[C@H]3CC(CCCCC(=O)N(C)C)=C[C@H]3C[C@H]2O)cc1. The Morgan fingerprint density at radius 1 is 1.19 bits per heavy atom. The molecule has 31 heavy (non-hydrogen) atoms. The van der Waals surface area contributed by atoms with Crippen molar-refractivity contribution in [2.75, 3.05) is 14.1 Å². The largest absolute Gasteiger partial charge is 0.392 e.